The summed E-state index contributed by atoms with van der Waals surface area (Å²) < 4.78 is 0. The van der Waals surface area contributed by atoms with Crippen LogP contribution in [0.4, 0.5) is 5.69 Å². The van der Waals surface area contributed by atoms with Crippen molar-refractivity contribution in [1.29, 1.82) is 0 Å². The highest BCUT2D eigenvalue weighted by molar-refractivity contribution is 5.55. The number of benzene rings is 1. The molecule has 0 saturated carbocycles. The van der Waals surface area contributed by atoms with Gasteiger partial charge in [-0.25, -0.2) is 0 Å². The average Bonchev–Trinajstić information content (AvgIpc) is 2.39. The molecule has 0 N–H and O–H groups in total. The van der Waals surface area contributed by atoms with Gasteiger partial charge in [0.05, 0.1) is 0 Å². The van der Waals surface area contributed by atoms with Crippen molar-refractivity contribution in [3.63, 3.8) is 0 Å². The van der Waals surface area contributed by atoms with Gasteiger partial charge in [-0.05, 0) is 63.9 Å². The highest BCUT2D eigenvalue weighted by Crippen LogP contribution is 2.32. The summed E-state index contributed by atoms with van der Waals surface area (Å²) >= 11 is 0. The zero-order valence-electron chi connectivity index (χ0n) is 14.0. The lowest BCUT2D eigenvalue weighted by molar-refractivity contribution is 0.137. The van der Waals surface area contributed by atoms with Crippen LogP contribution in [-0.4, -0.2) is 37.6 Å². The van der Waals surface area contributed by atoms with Crippen LogP contribution >= 0.6 is 0 Å². The number of hydrogen-bond acceptors (Lipinski definition) is 2. The molecule has 0 atom stereocenters. The largest absolute Gasteiger partial charge is 0.371 e. The lowest BCUT2D eigenvalue weighted by atomic mass is 9.88. The lowest BCUT2D eigenvalue weighted by Crippen LogP contribution is -2.50. The molecule has 0 bridgehead atoms. The molecule has 0 unspecified atom stereocenters. The van der Waals surface area contributed by atoms with Gasteiger partial charge in [0, 0.05) is 24.3 Å². The Bertz CT molecular complexity index is 454. The van der Waals surface area contributed by atoms with E-state index >= 15 is 0 Å². The minimum atomic E-state index is 0.363. The van der Waals surface area contributed by atoms with E-state index in [1.54, 1.807) is 0 Å². The molecule has 0 amide bonds. The van der Waals surface area contributed by atoms with Crippen molar-refractivity contribution in [2.24, 2.45) is 0 Å². The van der Waals surface area contributed by atoms with E-state index in [9.17, 15) is 0 Å². The highest BCUT2D eigenvalue weighted by atomic mass is 15.2. The second kappa shape index (κ2) is 5.77. The van der Waals surface area contributed by atoms with E-state index in [1.807, 2.05) is 0 Å². The smallest absolute Gasteiger partial charge is 0.0396 e. The minimum absolute atomic E-state index is 0.363. The van der Waals surface area contributed by atoms with Gasteiger partial charge in [0.15, 0.2) is 0 Å². The van der Waals surface area contributed by atoms with Gasteiger partial charge in [0.2, 0.25) is 0 Å². The van der Waals surface area contributed by atoms with Crippen LogP contribution < -0.4 is 4.90 Å². The monoisotopic (exact) mass is 274 g/mol. The molecule has 1 aliphatic heterocycles. The summed E-state index contributed by atoms with van der Waals surface area (Å²) in [7, 11) is 4.41. The van der Waals surface area contributed by atoms with Crippen molar-refractivity contribution >= 4 is 5.69 Å². The van der Waals surface area contributed by atoms with Crippen LogP contribution in [0.2, 0.25) is 0 Å². The van der Waals surface area contributed by atoms with E-state index in [0.29, 0.717) is 11.5 Å². The van der Waals surface area contributed by atoms with Crippen molar-refractivity contribution in [2.75, 3.05) is 32.1 Å². The molecular weight excluding hydrogens is 244 g/mol. The van der Waals surface area contributed by atoms with Gasteiger partial charge in [-0.1, -0.05) is 26.0 Å². The van der Waals surface area contributed by atoms with Crippen LogP contribution in [0.1, 0.15) is 50.7 Å². The van der Waals surface area contributed by atoms with Crippen molar-refractivity contribution in [2.45, 2.75) is 52.0 Å². The fourth-order valence-electron chi connectivity index (χ4n) is 3.07. The summed E-state index contributed by atoms with van der Waals surface area (Å²) in [6, 6.07) is 6.98. The van der Waals surface area contributed by atoms with Crippen LogP contribution in [0.3, 0.4) is 0 Å². The first-order valence-electron chi connectivity index (χ1n) is 7.86. The molecule has 20 heavy (non-hydrogen) atoms. The summed E-state index contributed by atoms with van der Waals surface area (Å²) in [4.78, 5) is 4.95. The number of rotatable bonds is 3. The van der Waals surface area contributed by atoms with Gasteiger partial charge in [-0.15, -0.1) is 0 Å². The molecule has 0 aliphatic carbocycles. The molecule has 1 aromatic rings. The van der Waals surface area contributed by atoms with E-state index in [4.69, 9.17) is 0 Å². The van der Waals surface area contributed by atoms with E-state index in [2.05, 4.69) is 69.8 Å². The zero-order valence-corrected chi connectivity index (χ0v) is 14.0. The van der Waals surface area contributed by atoms with E-state index in [1.165, 1.54) is 29.7 Å². The van der Waals surface area contributed by atoms with E-state index < -0.39 is 0 Å². The predicted octanol–water partition coefficient (Wildman–Crippen LogP) is 4.04. The third-order valence-electron chi connectivity index (χ3n) is 5.15. The molecule has 2 nitrogen and oxygen atoms in total. The van der Waals surface area contributed by atoms with Crippen LogP contribution in [0.5, 0.6) is 0 Å². The summed E-state index contributed by atoms with van der Waals surface area (Å²) in [6.07, 6.45) is 2.48. The summed E-state index contributed by atoms with van der Waals surface area (Å²) in [5.74, 6) is 0.612. The lowest BCUT2D eigenvalue weighted by Gasteiger charge is -2.45. The number of anilines is 1. The maximum Gasteiger partial charge on any atom is 0.0396 e. The first kappa shape index (κ1) is 15.4. The molecule has 112 valence electrons. The fourth-order valence-corrected chi connectivity index (χ4v) is 3.07. The second-order valence-corrected chi connectivity index (χ2v) is 7.08. The SMILES string of the molecule is Cc1cc(C(C)C)ccc1N1CCC(C)(N(C)C)CC1. The Morgan fingerprint density at radius 1 is 1.15 bits per heavy atom. The molecule has 1 aromatic carbocycles. The Morgan fingerprint density at radius 3 is 2.20 bits per heavy atom. The molecule has 1 saturated heterocycles. The molecule has 0 radical (unpaired) electrons. The van der Waals surface area contributed by atoms with Crippen molar-refractivity contribution in [3.8, 4) is 0 Å². The first-order chi connectivity index (χ1) is 9.33. The highest BCUT2D eigenvalue weighted by Gasteiger charge is 2.32. The number of hydrogen-bond donors (Lipinski definition) is 0. The van der Waals surface area contributed by atoms with Crippen LogP contribution in [-0.2, 0) is 0 Å². The molecule has 2 rings (SSSR count). The average molecular weight is 274 g/mol. The Kier molecular flexibility index (Phi) is 4.43. The van der Waals surface area contributed by atoms with Gasteiger partial charge < -0.3 is 9.80 Å². The Morgan fingerprint density at radius 2 is 1.75 bits per heavy atom. The number of aryl methyl sites for hydroxylation is 1. The van der Waals surface area contributed by atoms with Gasteiger partial charge in [-0.3, -0.25) is 0 Å². The summed E-state index contributed by atoms with van der Waals surface area (Å²) in [5, 5.41) is 0. The number of piperidine rings is 1. The Hall–Kier alpha value is -1.02. The van der Waals surface area contributed by atoms with Gasteiger partial charge in [-0.2, -0.15) is 0 Å². The maximum atomic E-state index is 2.56. The van der Waals surface area contributed by atoms with Crippen LogP contribution in [0, 0.1) is 6.92 Å². The van der Waals surface area contributed by atoms with Crippen molar-refractivity contribution in [3.05, 3.63) is 29.3 Å². The van der Waals surface area contributed by atoms with Crippen molar-refractivity contribution in [1.82, 2.24) is 4.90 Å². The van der Waals surface area contributed by atoms with Gasteiger partial charge in [0.25, 0.3) is 0 Å². The fraction of sp³-hybridized carbons (Fsp3) is 0.667. The van der Waals surface area contributed by atoms with Crippen LogP contribution in [0.25, 0.3) is 0 Å². The van der Waals surface area contributed by atoms with Gasteiger partial charge in [0.1, 0.15) is 0 Å². The third-order valence-corrected chi connectivity index (χ3v) is 5.15. The minimum Gasteiger partial charge on any atom is -0.371 e. The summed E-state index contributed by atoms with van der Waals surface area (Å²) in [5.41, 5.74) is 4.66. The maximum absolute atomic E-state index is 2.56. The molecule has 1 fully saturated rings. The van der Waals surface area contributed by atoms with Gasteiger partial charge >= 0.3 is 0 Å². The predicted molar refractivity (Wildman–Crippen MR) is 88.8 cm³/mol. The summed E-state index contributed by atoms with van der Waals surface area (Å²) in [6.45, 7) is 11.5. The molecule has 1 heterocycles. The quantitative estimate of drug-likeness (QED) is 0.821. The zero-order chi connectivity index (χ0) is 14.9. The van der Waals surface area contributed by atoms with Crippen LogP contribution in [0.15, 0.2) is 18.2 Å². The normalized spacial score (nSPS) is 18.9. The Labute approximate surface area is 124 Å². The van der Waals surface area contributed by atoms with E-state index in [0.717, 1.165) is 13.1 Å². The second-order valence-electron chi connectivity index (χ2n) is 7.08. The van der Waals surface area contributed by atoms with Crippen molar-refractivity contribution < 1.29 is 0 Å². The molecule has 0 aromatic heterocycles. The molecule has 0 spiro atoms. The molecule has 1 aliphatic rings. The number of nitrogens with zero attached hydrogens (tertiary/aromatic N) is 2. The Balaban J connectivity index is 2.11. The van der Waals surface area contributed by atoms with E-state index in [-0.39, 0.29) is 0 Å². The third kappa shape index (κ3) is 3.01. The first-order valence-corrected chi connectivity index (χ1v) is 7.86. The standard InChI is InChI=1S/C18H30N2/c1-14(2)16-7-8-17(15(3)13-16)20-11-9-18(4,10-12-20)19(5)6/h7-8,13-14H,9-12H2,1-6H3. The molecule has 2 heteroatoms. The topological polar surface area (TPSA) is 6.48 Å². The molecular formula is C18H30N2.